The van der Waals surface area contributed by atoms with Gasteiger partial charge in [-0.05, 0) is 51.4 Å². The van der Waals surface area contributed by atoms with Crippen LogP contribution in [0.5, 0.6) is 0 Å². The quantitative estimate of drug-likeness (QED) is 0.539. The van der Waals surface area contributed by atoms with Crippen LogP contribution in [0, 0.1) is 0 Å². The fourth-order valence-electron chi connectivity index (χ4n) is 2.89. The van der Waals surface area contributed by atoms with Gasteiger partial charge in [-0.2, -0.15) is 0 Å². The third kappa shape index (κ3) is 2.45. The van der Waals surface area contributed by atoms with E-state index < -0.39 is 0 Å². The molecule has 3 aromatic rings. The molecule has 0 atom stereocenters. The Morgan fingerprint density at radius 3 is 2.09 bits per heavy atom. The Hall–Kier alpha value is -0.875. The van der Waals surface area contributed by atoms with Gasteiger partial charge in [0.1, 0.15) is 0 Å². The van der Waals surface area contributed by atoms with E-state index in [0.717, 1.165) is 9.94 Å². The highest BCUT2D eigenvalue weighted by molar-refractivity contribution is 9.10. The number of hydrogen-bond acceptors (Lipinski definition) is 3. The Balaban J connectivity index is 1.79. The van der Waals surface area contributed by atoms with Gasteiger partial charge in [0, 0.05) is 24.6 Å². The van der Waals surface area contributed by atoms with Crippen molar-refractivity contribution in [3.8, 4) is 0 Å². The van der Waals surface area contributed by atoms with E-state index in [2.05, 4.69) is 80.0 Å². The molecule has 0 N–H and O–H groups in total. The van der Waals surface area contributed by atoms with E-state index in [1.165, 1.54) is 20.2 Å². The summed E-state index contributed by atoms with van der Waals surface area (Å²) in [5.74, 6) is 0. The molecule has 0 radical (unpaired) electrons. The van der Waals surface area contributed by atoms with E-state index in [0.29, 0.717) is 0 Å². The molecule has 0 unspecified atom stereocenters. The lowest BCUT2D eigenvalue weighted by Crippen LogP contribution is -2.41. The van der Waals surface area contributed by atoms with Crippen LogP contribution in [0.2, 0.25) is 0 Å². The molecule has 23 heavy (non-hydrogen) atoms. The van der Waals surface area contributed by atoms with E-state index >= 15 is 0 Å². The molecule has 1 saturated heterocycles. The molecule has 1 fully saturated rings. The molecule has 0 bridgehead atoms. The number of rotatable bonds is 1. The average Bonchev–Trinajstić information content (AvgIpc) is 2.91. The monoisotopic (exact) mass is 388 g/mol. The summed E-state index contributed by atoms with van der Waals surface area (Å²) in [7, 11) is -0.304. The third-order valence-electron chi connectivity index (χ3n) is 4.98. The molecular weight excluding hydrogens is 371 g/mol. The van der Waals surface area contributed by atoms with Gasteiger partial charge < -0.3 is 9.31 Å². The first-order chi connectivity index (χ1) is 10.8. The van der Waals surface area contributed by atoms with Crippen LogP contribution < -0.4 is 5.46 Å². The largest absolute Gasteiger partial charge is 0.494 e. The van der Waals surface area contributed by atoms with Gasteiger partial charge in [-0.1, -0.05) is 34.1 Å². The third-order valence-corrected chi connectivity index (χ3v) is 6.59. The van der Waals surface area contributed by atoms with Gasteiger partial charge in [0.2, 0.25) is 0 Å². The van der Waals surface area contributed by atoms with Crippen molar-refractivity contribution >= 4 is 60.0 Å². The minimum absolute atomic E-state index is 0.304. The van der Waals surface area contributed by atoms with E-state index in [1.807, 2.05) is 11.3 Å². The molecular formula is C18H18BBrO2S. The van der Waals surface area contributed by atoms with Crippen molar-refractivity contribution in [2.75, 3.05) is 0 Å². The van der Waals surface area contributed by atoms with E-state index in [9.17, 15) is 0 Å². The van der Waals surface area contributed by atoms with Crippen molar-refractivity contribution in [2.24, 2.45) is 0 Å². The summed E-state index contributed by atoms with van der Waals surface area (Å²) < 4.78 is 16.0. The second-order valence-corrected chi connectivity index (χ2v) is 9.09. The minimum Gasteiger partial charge on any atom is -0.399 e. The van der Waals surface area contributed by atoms with Crippen molar-refractivity contribution in [2.45, 2.75) is 38.9 Å². The highest BCUT2D eigenvalue weighted by atomic mass is 79.9. The molecule has 0 amide bonds. The smallest absolute Gasteiger partial charge is 0.399 e. The van der Waals surface area contributed by atoms with Crippen molar-refractivity contribution in [3.63, 3.8) is 0 Å². The van der Waals surface area contributed by atoms with Gasteiger partial charge in [0.15, 0.2) is 0 Å². The average molecular weight is 389 g/mol. The fourth-order valence-corrected chi connectivity index (χ4v) is 4.60. The van der Waals surface area contributed by atoms with Gasteiger partial charge in [0.25, 0.3) is 0 Å². The van der Waals surface area contributed by atoms with Crippen LogP contribution in [0.3, 0.4) is 0 Å². The zero-order chi connectivity index (χ0) is 16.4. The van der Waals surface area contributed by atoms with Gasteiger partial charge >= 0.3 is 7.12 Å². The van der Waals surface area contributed by atoms with Crippen LogP contribution in [-0.4, -0.2) is 18.3 Å². The van der Waals surface area contributed by atoms with Crippen LogP contribution >= 0.6 is 27.3 Å². The molecule has 2 nitrogen and oxygen atoms in total. The Labute approximate surface area is 149 Å². The fraction of sp³-hybridized carbons (Fsp3) is 0.333. The number of fused-ring (bicyclic) bond motifs is 3. The first-order valence-electron chi connectivity index (χ1n) is 7.74. The van der Waals surface area contributed by atoms with Crippen LogP contribution in [0.25, 0.3) is 20.2 Å². The highest BCUT2D eigenvalue weighted by Gasteiger charge is 2.51. The maximum Gasteiger partial charge on any atom is 0.494 e. The molecule has 1 aliphatic heterocycles. The number of thiophene rings is 1. The molecule has 0 spiro atoms. The second kappa shape index (κ2) is 5.06. The van der Waals surface area contributed by atoms with Crippen LogP contribution in [0.4, 0.5) is 0 Å². The zero-order valence-corrected chi connectivity index (χ0v) is 16.0. The first-order valence-corrected chi connectivity index (χ1v) is 9.35. The van der Waals surface area contributed by atoms with E-state index in [-0.39, 0.29) is 18.3 Å². The Kier molecular flexibility index (Phi) is 3.44. The normalized spacial score (nSPS) is 19.8. The molecule has 4 rings (SSSR count). The topological polar surface area (TPSA) is 18.5 Å². The van der Waals surface area contributed by atoms with Crippen molar-refractivity contribution in [3.05, 3.63) is 40.9 Å². The maximum atomic E-state index is 6.17. The molecule has 1 aliphatic rings. The van der Waals surface area contributed by atoms with Gasteiger partial charge in [-0.3, -0.25) is 0 Å². The van der Waals surface area contributed by atoms with Crippen molar-refractivity contribution < 1.29 is 9.31 Å². The lowest BCUT2D eigenvalue weighted by Gasteiger charge is -2.32. The van der Waals surface area contributed by atoms with Crippen LogP contribution in [0.1, 0.15) is 27.7 Å². The number of benzene rings is 2. The summed E-state index contributed by atoms with van der Waals surface area (Å²) in [6.45, 7) is 8.34. The first kappa shape index (κ1) is 15.6. The summed E-state index contributed by atoms with van der Waals surface area (Å²) in [6, 6.07) is 13.0. The van der Waals surface area contributed by atoms with Gasteiger partial charge in [0.05, 0.1) is 11.2 Å². The maximum absolute atomic E-state index is 6.17. The van der Waals surface area contributed by atoms with Crippen molar-refractivity contribution in [1.29, 1.82) is 0 Å². The summed E-state index contributed by atoms with van der Waals surface area (Å²) in [6.07, 6.45) is 0. The predicted molar refractivity (Wildman–Crippen MR) is 103 cm³/mol. The SMILES string of the molecule is CC1(C)OB(c2ccc3c(c2)sc2cc(Br)ccc23)OC1(C)C. The standard InChI is InChI=1S/C18H18BBrO2S/c1-17(2)18(3,4)22-19(21-17)11-5-7-13-14-8-6-12(20)10-16(14)23-15(13)9-11/h5-10H,1-4H3. The lowest BCUT2D eigenvalue weighted by molar-refractivity contribution is 0.00578. The van der Waals surface area contributed by atoms with Gasteiger partial charge in [-0.25, -0.2) is 0 Å². The molecule has 1 aromatic heterocycles. The predicted octanol–water partition coefficient (Wildman–Crippen LogP) is 5.12. The number of halogens is 1. The molecule has 0 saturated carbocycles. The summed E-state index contributed by atoms with van der Waals surface area (Å²) in [4.78, 5) is 0. The molecule has 2 aromatic carbocycles. The summed E-state index contributed by atoms with van der Waals surface area (Å²) in [5, 5.41) is 2.59. The molecule has 118 valence electrons. The molecule has 0 aliphatic carbocycles. The Bertz CT molecular complexity index is 900. The summed E-state index contributed by atoms with van der Waals surface area (Å²) >= 11 is 5.36. The van der Waals surface area contributed by atoms with Crippen LogP contribution in [0.15, 0.2) is 40.9 Å². The Morgan fingerprint density at radius 2 is 1.43 bits per heavy atom. The highest BCUT2D eigenvalue weighted by Crippen LogP contribution is 2.38. The number of hydrogen-bond donors (Lipinski definition) is 0. The lowest BCUT2D eigenvalue weighted by atomic mass is 9.79. The van der Waals surface area contributed by atoms with E-state index in [4.69, 9.17) is 9.31 Å². The van der Waals surface area contributed by atoms with Gasteiger partial charge in [-0.15, -0.1) is 11.3 Å². The second-order valence-electron chi connectivity index (χ2n) is 7.09. The zero-order valence-electron chi connectivity index (χ0n) is 13.6. The summed E-state index contributed by atoms with van der Waals surface area (Å²) in [5.41, 5.74) is 0.469. The van der Waals surface area contributed by atoms with E-state index in [1.54, 1.807) is 0 Å². The molecule has 5 heteroatoms. The molecule has 2 heterocycles. The van der Waals surface area contributed by atoms with Crippen molar-refractivity contribution in [1.82, 2.24) is 0 Å². The minimum atomic E-state index is -0.308. The Morgan fingerprint density at radius 1 is 0.870 bits per heavy atom. The van der Waals surface area contributed by atoms with Crippen LogP contribution in [-0.2, 0) is 9.31 Å².